The molecule has 1 heterocycles. The molecule has 0 aliphatic carbocycles. The molecule has 19 heavy (non-hydrogen) atoms. The minimum Gasteiger partial charge on any atom is -0.324 e. The Hall–Kier alpha value is -0.910. The molecule has 2 N–H and O–H groups in total. The second kappa shape index (κ2) is 5.61. The van der Waals surface area contributed by atoms with Gasteiger partial charge in [-0.25, -0.2) is 4.39 Å². The van der Waals surface area contributed by atoms with Crippen molar-refractivity contribution in [3.63, 3.8) is 0 Å². The Kier molecular flexibility index (Phi) is 4.28. The molecule has 0 saturated heterocycles. The van der Waals surface area contributed by atoms with E-state index in [4.69, 9.17) is 17.3 Å². The van der Waals surface area contributed by atoms with Gasteiger partial charge in [-0.3, -0.25) is 4.68 Å². The van der Waals surface area contributed by atoms with Crippen molar-refractivity contribution in [1.82, 2.24) is 9.78 Å². The molecule has 1 aromatic carbocycles. The fourth-order valence-corrected chi connectivity index (χ4v) is 2.48. The van der Waals surface area contributed by atoms with Crippen LogP contribution in [0.4, 0.5) is 4.39 Å². The van der Waals surface area contributed by atoms with E-state index in [0.717, 1.165) is 16.8 Å². The summed E-state index contributed by atoms with van der Waals surface area (Å²) in [6.07, 6.45) is 0.527. The van der Waals surface area contributed by atoms with Crippen LogP contribution < -0.4 is 5.73 Å². The third kappa shape index (κ3) is 2.99. The summed E-state index contributed by atoms with van der Waals surface area (Å²) >= 11 is 9.29. The topological polar surface area (TPSA) is 43.8 Å². The highest BCUT2D eigenvalue weighted by molar-refractivity contribution is 9.10. The van der Waals surface area contributed by atoms with Gasteiger partial charge in [0.25, 0.3) is 0 Å². The van der Waals surface area contributed by atoms with Gasteiger partial charge in [0.1, 0.15) is 11.0 Å². The molecule has 0 aliphatic heterocycles. The summed E-state index contributed by atoms with van der Waals surface area (Å²) in [4.78, 5) is 0. The highest BCUT2D eigenvalue weighted by Crippen LogP contribution is 2.26. The first kappa shape index (κ1) is 14.5. The maximum Gasteiger partial charge on any atom is 0.137 e. The van der Waals surface area contributed by atoms with E-state index in [2.05, 4.69) is 21.0 Å². The number of hydrogen-bond acceptors (Lipinski definition) is 2. The quantitative estimate of drug-likeness (QED) is 0.924. The first-order valence-corrected chi connectivity index (χ1v) is 6.95. The Labute approximate surface area is 124 Å². The van der Waals surface area contributed by atoms with E-state index >= 15 is 0 Å². The van der Waals surface area contributed by atoms with Crippen LogP contribution in [-0.2, 0) is 13.5 Å². The molecule has 0 amide bonds. The van der Waals surface area contributed by atoms with Crippen LogP contribution in [0.5, 0.6) is 0 Å². The van der Waals surface area contributed by atoms with Crippen LogP contribution in [-0.4, -0.2) is 9.78 Å². The summed E-state index contributed by atoms with van der Waals surface area (Å²) in [5.41, 5.74) is 8.60. The van der Waals surface area contributed by atoms with E-state index in [1.165, 1.54) is 6.07 Å². The second-order valence-corrected chi connectivity index (χ2v) is 5.67. The van der Waals surface area contributed by atoms with Gasteiger partial charge in [-0.2, -0.15) is 5.10 Å². The zero-order valence-electron chi connectivity index (χ0n) is 10.6. The Morgan fingerprint density at radius 3 is 2.74 bits per heavy atom. The van der Waals surface area contributed by atoms with Gasteiger partial charge in [0.2, 0.25) is 0 Å². The first-order valence-electron chi connectivity index (χ1n) is 5.78. The summed E-state index contributed by atoms with van der Waals surface area (Å²) in [5, 5.41) is 4.81. The summed E-state index contributed by atoms with van der Waals surface area (Å²) in [6, 6.07) is 4.58. The van der Waals surface area contributed by atoms with Crippen LogP contribution in [0.2, 0.25) is 5.15 Å². The Bertz CT molecular complexity index is 612. The molecule has 6 heteroatoms. The van der Waals surface area contributed by atoms with Gasteiger partial charge in [0.15, 0.2) is 0 Å². The van der Waals surface area contributed by atoms with Gasteiger partial charge in [-0.05, 0) is 47.0 Å². The molecular formula is C13H14BrClFN3. The van der Waals surface area contributed by atoms with E-state index in [9.17, 15) is 4.39 Å². The molecule has 1 unspecified atom stereocenters. The molecule has 1 aromatic heterocycles. The molecule has 102 valence electrons. The first-order chi connectivity index (χ1) is 8.90. The maximum atomic E-state index is 13.5. The van der Waals surface area contributed by atoms with E-state index in [1.54, 1.807) is 23.9 Å². The molecule has 0 aliphatic rings. The van der Waals surface area contributed by atoms with Crippen molar-refractivity contribution < 1.29 is 4.39 Å². The summed E-state index contributed by atoms with van der Waals surface area (Å²) in [5.74, 6) is -0.318. The number of hydrogen-bond donors (Lipinski definition) is 1. The molecule has 2 aromatic rings. The molecule has 3 nitrogen and oxygen atoms in total. The van der Waals surface area contributed by atoms with E-state index < -0.39 is 0 Å². The zero-order chi connectivity index (χ0) is 14.2. The normalized spacial score (nSPS) is 12.7. The SMILES string of the molecule is Cc1nn(C)c(Cl)c1CC(N)c1ccc(Br)c(F)c1. The number of aryl methyl sites for hydroxylation is 2. The maximum absolute atomic E-state index is 13.5. The average Bonchev–Trinajstić information content (AvgIpc) is 2.59. The molecule has 2 rings (SSSR count). The van der Waals surface area contributed by atoms with Gasteiger partial charge in [0.05, 0.1) is 10.2 Å². The molecule has 0 bridgehead atoms. The van der Waals surface area contributed by atoms with E-state index in [1.807, 2.05) is 6.92 Å². The van der Waals surface area contributed by atoms with Crippen LogP contribution in [0.1, 0.15) is 22.9 Å². The third-order valence-electron chi connectivity index (χ3n) is 3.07. The van der Waals surface area contributed by atoms with Crippen LogP contribution in [0.25, 0.3) is 0 Å². The van der Waals surface area contributed by atoms with Crippen LogP contribution >= 0.6 is 27.5 Å². The van der Waals surface area contributed by atoms with Gasteiger partial charge in [-0.1, -0.05) is 17.7 Å². The largest absolute Gasteiger partial charge is 0.324 e. The highest BCUT2D eigenvalue weighted by atomic mass is 79.9. The third-order valence-corrected chi connectivity index (χ3v) is 4.18. The van der Waals surface area contributed by atoms with Crippen LogP contribution in [0.15, 0.2) is 22.7 Å². The zero-order valence-corrected chi connectivity index (χ0v) is 13.0. The lowest BCUT2D eigenvalue weighted by Crippen LogP contribution is -2.14. The number of nitrogens with zero attached hydrogens (tertiary/aromatic N) is 2. The van der Waals surface area contributed by atoms with Crippen molar-refractivity contribution in [3.8, 4) is 0 Å². The number of halogens is 3. The Morgan fingerprint density at radius 2 is 2.21 bits per heavy atom. The Morgan fingerprint density at radius 1 is 1.53 bits per heavy atom. The smallest absolute Gasteiger partial charge is 0.137 e. The van der Waals surface area contributed by atoms with Gasteiger partial charge in [0, 0.05) is 18.7 Å². The van der Waals surface area contributed by atoms with Crippen molar-refractivity contribution in [2.75, 3.05) is 0 Å². The van der Waals surface area contributed by atoms with Crippen LogP contribution in [0.3, 0.4) is 0 Å². The lowest BCUT2D eigenvalue weighted by Gasteiger charge is -2.12. The highest BCUT2D eigenvalue weighted by Gasteiger charge is 2.16. The fourth-order valence-electron chi connectivity index (χ4n) is 1.99. The van der Waals surface area contributed by atoms with E-state index in [-0.39, 0.29) is 11.9 Å². The second-order valence-electron chi connectivity index (χ2n) is 4.46. The van der Waals surface area contributed by atoms with Crippen molar-refractivity contribution >= 4 is 27.5 Å². The minimum absolute atomic E-state index is 0.317. The fraction of sp³-hybridized carbons (Fsp3) is 0.308. The predicted molar refractivity (Wildman–Crippen MR) is 77.7 cm³/mol. The Balaban J connectivity index is 2.25. The summed E-state index contributed by atoms with van der Waals surface area (Å²) in [6.45, 7) is 1.89. The monoisotopic (exact) mass is 345 g/mol. The average molecular weight is 347 g/mol. The number of nitrogens with two attached hydrogens (primary N) is 1. The number of aromatic nitrogens is 2. The predicted octanol–water partition coefficient (Wildman–Crippen LogP) is 3.53. The molecule has 0 saturated carbocycles. The molecule has 0 radical (unpaired) electrons. The summed E-state index contributed by atoms with van der Waals surface area (Å²) < 4.78 is 15.5. The molecule has 0 spiro atoms. The molecule has 0 fully saturated rings. The van der Waals surface area contributed by atoms with Gasteiger partial charge in [-0.15, -0.1) is 0 Å². The van der Waals surface area contributed by atoms with Gasteiger partial charge >= 0.3 is 0 Å². The molecular weight excluding hydrogens is 333 g/mol. The van der Waals surface area contributed by atoms with Gasteiger partial charge < -0.3 is 5.73 Å². The van der Waals surface area contributed by atoms with Crippen molar-refractivity contribution in [3.05, 3.63) is 50.5 Å². The van der Waals surface area contributed by atoms with E-state index in [0.29, 0.717) is 16.0 Å². The van der Waals surface area contributed by atoms with Crippen molar-refractivity contribution in [2.45, 2.75) is 19.4 Å². The standard InChI is InChI=1S/C13H14BrClFN3/c1-7-9(13(15)19(2)18-7)6-12(17)8-3-4-10(14)11(16)5-8/h3-5,12H,6,17H2,1-2H3. The number of benzene rings is 1. The van der Waals surface area contributed by atoms with Crippen molar-refractivity contribution in [2.24, 2.45) is 12.8 Å². The molecule has 1 atom stereocenters. The lowest BCUT2D eigenvalue weighted by atomic mass is 10.0. The number of rotatable bonds is 3. The lowest BCUT2D eigenvalue weighted by molar-refractivity contribution is 0.612. The van der Waals surface area contributed by atoms with Crippen LogP contribution in [0, 0.1) is 12.7 Å². The summed E-state index contributed by atoms with van der Waals surface area (Å²) in [7, 11) is 1.78. The minimum atomic E-state index is -0.318. The van der Waals surface area contributed by atoms with Crippen molar-refractivity contribution in [1.29, 1.82) is 0 Å².